The van der Waals surface area contributed by atoms with E-state index in [4.69, 9.17) is 0 Å². The third kappa shape index (κ3) is 3.73. The number of benzene rings is 2. The van der Waals surface area contributed by atoms with Crippen LogP contribution in [0.15, 0.2) is 60.9 Å². The highest BCUT2D eigenvalue weighted by molar-refractivity contribution is 6.07. The molecule has 0 aliphatic carbocycles. The molecule has 1 N–H and O–H groups in total. The van der Waals surface area contributed by atoms with E-state index in [9.17, 15) is 22.4 Å². The van der Waals surface area contributed by atoms with Crippen molar-refractivity contribution in [2.75, 3.05) is 5.32 Å². The van der Waals surface area contributed by atoms with Gasteiger partial charge in [-0.15, -0.1) is 0 Å². The number of nitrogens with zero attached hydrogens (tertiary/aromatic N) is 3. The van der Waals surface area contributed by atoms with Crippen LogP contribution in [0, 0.1) is 12.7 Å². The van der Waals surface area contributed by atoms with Gasteiger partial charge in [0.05, 0.1) is 33.7 Å². The van der Waals surface area contributed by atoms with Crippen LogP contribution in [0.1, 0.15) is 21.6 Å². The molecule has 4 rings (SSSR count). The van der Waals surface area contributed by atoms with Crippen molar-refractivity contribution in [3.8, 4) is 5.69 Å². The molecule has 0 fully saturated rings. The van der Waals surface area contributed by atoms with Gasteiger partial charge in [0.2, 0.25) is 0 Å². The van der Waals surface area contributed by atoms with Crippen molar-refractivity contribution >= 4 is 22.5 Å². The lowest BCUT2D eigenvalue weighted by Gasteiger charge is -2.15. The zero-order chi connectivity index (χ0) is 21.5. The largest absolute Gasteiger partial charge is 0.416 e. The number of fused-ring (bicyclic) bond motifs is 1. The second-order valence-corrected chi connectivity index (χ2v) is 6.59. The Balaban J connectivity index is 1.76. The second-order valence-electron chi connectivity index (χ2n) is 6.59. The minimum absolute atomic E-state index is 0.0582. The topological polar surface area (TPSA) is 59.8 Å². The van der Waals surface area contributed by atoms with Crippen LogP contribution in [0.2, 0.25) is 0 Å². The molecule has 0 spiro atoms. The Morgan fingerprint density at radius 1 is 1.10 bits per heavy atom. The minimum atomic E-state index is -4.58. The maximum absolute atomic E-state index is 13.4. The number of aromatic nitrogens is 3. The molecule has 0 radical (unpaired) electrons. The molecule has 2 heterocycles. The van der Waals surface area contributed by atoms with Gasteiger partial charge in [0, 0.05) is 23.8 Å². The minimum Gasteiger partial charge on any atom is -0.320 e. The summed E-state index contributed by atoms with van der Waals surface area (Å²) in [5.74, 6) is -1.10. The van der Waals surface area contributed by atoms with Crippen LogP contribution in [0.3, 0.4) is 0 Å². The van der Waals surface area contributed by atoms with Crippen LogP contribution in [0.5, 0.6) is 0 Å². The first-order valence-electron chi connectivity index (χ1n) is 8.82. The van der Waals surface area contributed by atoms with Crippen molar-refractivity contribution in [3.63, 3.8) is 0 Å². The third-order valence-electron chi connectivity index (χ3n) is 4.54. The fourth-order valence-corrected chi connectivity index (χ4v) is 3.08. The Hall–Kier alpha value is -3.75. The molecule has 0 aliphatic rings. The average molecular weight is 414 g/mol. The SMILES string of the molecule is Cc1nc2cc(F)ccc2cc1C(=O)Nc1cc(C(F)(F)F)ccc1-n1cccn1. The molecule has 2 aromatic carbocycles. The van der Waals surface area contributed by atoms with Gasteiger partial charge in [-0.2, -0.15) is 18.3 Å². The van der Waals surface area contributed by atoms with E-state index in [0.717, 1.165) is 12.1 Å². The fraction of sp³-hybridized carbons (Fsp3) is 0.0952. The zero-order valence-electron chi connectivity index (χ0n) is 15.5. The Labute approximate surface area is 168 Å². The molecule has 4 aromatic rings. The number of amides is 1. The molecule has 0 aliphatic heterocycles. The zero-order valence-corrected chi connectivity index (χ0v) is 15.5. The normalized spacial score (nSPS) is 11.6. The Kier molecular flexibility index (Phi) is 4.73. The number of carbonyl (C=O) groups excluding carboxylic acids is 1. The smallest absolute Gasteiger partial charge is 0.320 e. The summed E-state index contributed by atoms with van der Waals surface area (Å²) >= 11 is 0. The van der Waals surface area contributed by atoms with Crippen molar-refractivity contribution in [1.29, 1.82) is 0 Å². The molecule has 9 heteroatoms. The maximum atomic E-state index is 13.4. The summed E-state index contributed by atoms with van der Waals surface area (Å²) in [5, 5.41) is 7.08. The van der Waals surface area contributed by atoms with Gasteiger partial charge in [0.1, 0.15) is 5.82 Å². The van der Waals surface area contributed by atoms with E-state index in [0.29, 0.717) is 16.6 Å². The van der Waals surface area contributed by atoms with Gasteiger partial charge >= 0.3 is 6.18 Å². The number of rotatable bonds is 3. The molecule has 0 saturated carbocycles. The first kappa shape index (κ1) is 19.6. The molecular formula is C21H14F4N4O. The predicted molar refractivity (Wildman–Crippen MR) is 103 cm³/mol. The van der Waals surface area contributed by atoms with Gasteiger partial charge in [-0.3, -0.25) is 9.78 Å². The number of pyridine rings is 1. The van der Waals surface area contributed by atoms with Crippen LogP contribution in [0.25, 0.3) is 16.6 Å². The van der Waals surface area contributed by atoms with Gasteiger partial charge in [0.15, 0.2) is 0 Å². The van der Waals surface area contributed by atoms with E-state index in [2.05, 4.69) is 15.4 Å². The highest BCUT2D eigenvalue weighted by Crippen LogP contribution is 2.33. The molecule has 5 nitrogen and oxygen atoms in total. The van der Waals surface area contributed by atoms with Crippen molar-refractivity contribution in [2.24, 2.45) is 0 Å². The average Bonchev–Trinajstić information content (AvgIpc) is 3.21. The third-order valence-corrected chi connectivity index (χ3v) is 4.54. The van der Waals surface area contributed by atoms with Gasteiger partial charge in [-0.05, 0) is 49.4 Å². The lowest BCUT2D eigenvalue weighted by molar-refractivity contribution is -0.137. The number of halogens is 4. The fourth-order valence-electron chi connectivity index (χ4n) is 3.08. The molecule has 0 saturated heterocycles. The molecule has 2 aromatic heterocycles. The number of hydrogen-bond donors (Lipinski definition) is 1. The van der Waals surface area contributed by atoms with E-state index in [1.807, 2.05) is 0 Å². The summed E-state index contributed by atoms with van der Waals surface area (Å²) in [6, 6.07) is 10.1. The number of carbonyl (C=O) groups is 1. The second kappa shape index (κ2) is 7.25. The van der Waals surface area contributed by atoms with Gasteiger partial charge in [-0.25, -0.2) is 9.07 Å². The molecule has 1 amide bonds. The summed E-state index contributed by atoms with van der Waals surface area (Å²) < 4.78 is 54.4. The summed E-state index contributed by atoms with van der Waals surface area (Å²) in [7, 11) is 0. The first-order valence-corrected chi connectivity index (χ1v) is 8.82. The van der Waals surface area contributed by atoms with Gasteiger partial charge in [-0.1, -0.05) is 0 Å². The molecule has 0 unspecified atom stereocenters. The highest BCUT2D eigenvalue weighted by atomic mass is 19.4. The monoisotopic (exact) mass is 414 g/mol. The number of anilines is 1. The van der Waals surface area contributed by atoms with Crippen LogP contribution in [-0.2, 0) is 6.18 Å². The van der Waals surface area contributed by atoms with E-state index in [1.54, 1.807) is 19.2 Å². The first-order chi connectivity index (χ1) is 14.2. The quantitative estimate of drug-likeness (QED) is 0.473. The molecule has 152 valence electrons. The van der Waals surface area contributed by atoms with Crippen molar-refractivity contribution in [3.05, 3.63) is 83.6 Å². The lowest BCUT2D eigenvalue weighted by atomic mass is 10.1. The van der Waals surface area contributed by atoms with Gasteiger partial charge < -0.3 is 5.32 Å². The van der Waals surface area contributed by atoms with Crippen LogP contribution in [0.4, 0.5) is 23.2 Å². The predicted octanol–water partition coefficient (Wildman–Crippen LogP) is 5.14. The molecular weight excluding hydrogens is 400 g/mol. The summed E-state index contributed by atoms with van der Waals surface area (Å²) in [6.45, 7) is 1.57. The van der Waals surface area contributed by atoms with Crippen molar-refractivity contribution in [1.82, 2.24) is 14.8 Å². The molecule has 30 heavy (non-hydrogen) atoms. The summed E-state index contributed by atoms with van der Waals surface area (Å²) in [4.78, 5) is 17.1. The summed E-state index contributed by atoms with van der Waals surface area (Å²) in [6.07, 6.45) is -1.55. The standard InChI is InChI=1S/C21H14F4N4O/c1-12-16(9-13-3-5-15(22)11-17(13)27-12)20(30)28-18-10-14(21(23,24)25)4-6-19(18)29-8-2-7-26-29/h2-11H,1H3,(H,28,30). The van der Waals surface area contributed by atoms with Crippen LogP contribution < -0.4 is 5.32 Å². The van der Waals surface area contributed by atoms with Crippen molar-refractivity contribution in [2.45, 2.75) is 13.1 Å². The maximum Gasteiger partial charge on any atom is 0.416 e. The Bertz CT molecular complexity index is 1250. The van der Waals surface area contributed by atoms with E-state index in [-0.39, 0.29) is 16.9 Å². The Morgan fingerprint density at radius 2 is 1.90 bits per heavy atom. The van der Waals surface area contributed by atoms with E-state index >= 15 is 0 Å². The Morgan fingerprint density at radius 3 is 2.60 bits per heavy atom. The van der Waals surface area contributed by atoms with Gasteiger partial charge in [0.25, 0.3) is 5.91 Å². The van der Waals surface area contributed by atoms with E-state index < -0.39 is 23.5 Å². The van der Waals surface area contributed by atoms with Crippen LogP contribution >= 0.6 is 0 Å². The highest BCUT2D eigenvalue weighted by Gasteiger charge is 2.31. The number of nitrogens with one attached hydrogen (secondary N) is 1. The molecule has 0 atom stereocenters. The lowest BCUT2D eigenvalue weighted by Crippen LogP contribution is -2.17. The van der Waals surface area contributed by atoms with Crippen LogP contribution in [-0.4, -0.2) is 20.7 Å². The summed E-state index contributed by atoms with van der Waals surface area (Å²) in [5.41, 5.74) is 0.168. The van der Waals surface area contributed by atoms with E-state index in [1.165, 1.54) is 41.2 Å². The number of alkyl halides is 3. The van der Waals surface area contributed by atoms with Crippen molar-refractivity contribution < 1.29 is 22.4 Å². The number of hydrogen-bond acceptors (Lipinski definition) is 3. The molecule has 0 bridgehead atoms. The number of aryl methyl sites for hydroxylation is 1.